The quantitative estimate of drug-likeness (QED) is 0.699. The second-order valence-corrected chi connectivity index (χ2v) is 8.23. The average Bonchev–Trinajstić information content (AvgIpc) is 3.23. The molecular weight excluding hydrogens is 379 g/mol. The SMILES string of the molecule is NC1CCN(c2c(F)cc3c(=O)c4c(=O)[nH]sc4n(C4CC4)c3c2Cl)C1. The largest absolute Gasteiger partial charge is 0.366 e. The lowest BCUT2D eigenvalue weighted by Gasteiger charge is -2.23. The first-order chi connectivity index (χ1) is 12.5. The lowest BCUT2D eigenvalue weighted by molar-refractivity contribution is 0.624. The topological polar surface area (TPSA) is 84.1 Å². The van der Waals surface area contributed by atoms with Gasteiger partial charge in [-0.3, -0.25) is 14.0 Å². The Bertz CT molecular complexity index is 1180. The van der Waals surface area contributed by atoms with Gasteiger partial charge in [-0.1, -0.05) is 11.6 Å². The molecule has 1 aromatic carbocycles. The van der Waals surface area contributed by atoms with Gasteiger partial charge < -0.3 is 15.2 Å². The number of hydrogen-bond donors (Lipinski definition) is 2. The number of benzene rings is 1. The zero-order valence-electron chi connectivity index (χ0n) is 13.7. The van der Waals surface area contributed by atoms with E-state index in [0.29, 0.717) is 29.1 Å². The van der Waals surface area contributed by atoms with E-state index in [1.807, 2.05) is 9.47 Å². The van der Waals surface area contributed by atoms with Gasteiger partial charge in [-0.2, -0.15) is 0 Å². The van der Waals surface area contributed by atoms with Crippen molar-refractivity contribution in [1.82, 2.24) is 8.94 Å². The Hall–Kier alpha value is -1.90. The van der Waals surface area contributed by atoms with Crippen LogP contribution in [-0.2, 0) is 0 Å². The van der Waals surface area contributed by atoms with Crippen LogP contribution in [0.2, 0.25) is 5.02 Å². The molecule has 9 heteroatoms. The molecule has 1 saturated carbocycles. The van der Waals surface area contributed by atoms with Crippen LogP contribution in [0.1, 0.15) is 25.3 Å². The molecule has 3 N–H and O–H groups in total. The third kappa shape index (κ3) is 2.19. The number of pyridine rings is 1. The first kappa shape index (κ1) is 16.3. The van der Waals surface area contributed by atoms with Gasteiger partial charge in [-0.05, 0) is 36.9 Å². The highest BCUT2D eigenvalue weighted by molar-refractivity contribution is 7.12. The van der Waals surface area contributed by atoms with Crippen molar-refractivity contribution in [1.29, 1.82) is 0 Å². The van der Waals surface area contributed by atoms with E-state index in [4.69, 9.17) is 17.3 Å². The molecule has 0 amide bonds. The summed E-state index contributed by atoms with van der Waals surface area (Å²) in [5.41, 5.74) is 5.87. The predicted octanol–water partition coefficient (Wildman–Crippen LogP) is 2.57. The first-order valence-corrected chi connectivity index (χ1v) is 9.74. The zero-order chi connectivity index (χ0) is 18.2. The number of aromatic amines is 1. The normalized spacial score (nSPS) is 20.6. The average molecular weight is 395 g/mol. The molecular formula is C17H16ClFN4O2S. The monoisotopic (exact) mass is 394 g/mol. The molecule has 5 rings (SSSR count). The van der Waals surface area contributed by atoms with Crippen LogP contribution >= 0.6 is 23.1 Å². The van der Waals surface area contributed by atoms with Crippen molar-refractivity contribution < 1.29 is 4.39 Å². The number of aromatic nitrogens is 2. The summed E-state index contributed by atoms with van der Waals surface area (Å²) in [6, 6.07) is 1.37. The molecule has 0 spiro atoms. The van der Waals surface area contributed by atoms with E-state index < -0.39 is 16.8 Å². The van der Waals surface area contributed by atoms with Gasteiger partial charge in [0.25, 0.3) is 5.56 Å². The second-order valence-electron chi connectivity index (χ2n) is 7.06. The summed E-state index contributed by atoms with van der Waals surface area (Å²) in [6.45, 7) is 1.15. The first-order valence-electron chi connectivity index (χ1n) is 8.55. The minimum absolute atomic E-state index is 0.0239. The molecule has 3 aromatic rings. The Morgan fingerprint density at radius 2 is 2.08 bits per heavy atom. The van der Waals surface area contributed by atoms with Crippen LogP contribution in [0.25, 0.3) is 21.1 Å². The molecule has 2 aliphatic rings. The maximum Gasteiger partial charge on any atom is 0.271 e. The Kier molecular flexibility index (Phi) is 3.47. The van der Waals surface area contributed by atoms with E-state index in [2.05, 4.69) is 4.37 Å². The molecule has 2 aromatic heterocycles. The van der Waals surface area contributed by atoms with Crippen molar-refractivity contribution in [3.8, 4) is 0 Å². The van der Waals surface area contributed by atoms with E-state index in [1.165, 1.54) is 6.07 Å². The molecule has 1 saturated heterocycles. The molecule has 136 valence electrons. The van der Waals surface area contributed by atoms with E-state index in [9.17, 15) is 14.0 Å². The number of rotatable bonds is 2. The van der Waals surface area contributed by atoms with Gasteiger partial charge >= 0.3 is 0 Å². The fourth-order valence-corrected chi connectivity index (χ4v) is 5.19. The van der Waals surface area contributed by atoms with E-state index >= 15 is 0 Å². The smallest absolute Gasteiger partial charge is 0.271 e. The van der Waals surface area contributed by atoms with Gasteiger partial charge in [0, 0.05) is 25.2 Å². The molecule has 0 bridgehead atoms. The summed E-state index contributed by atoms with van der Waals surface area (Å²) in [5.74, 6) is -0.554. The van der Waals surface area contributed by atoms with Crippen molar-refractivity contribution >= 4 is 49.9 Å². The molecule has 1 aliphatic heterocycles. The van der Waals surface area contributed by atoms with Crippen molar-refractivity contribution in [2.45, 2.75) is 31.3 Å². The third-order valence-electron chi connectivity index (χ3n) is 5.23. The fraction of sp³-hybridized carbons (Fsp3) is 0.412. The molecule has 2 fully saturated rings. The van der Waals surface area contributed by atoms with E-state index in [1.54, 1.807) is 0 Å². The standard InChI is InChI=1S/C17H16ClFN4O2S/c18-12-13-9(5-10(19)14(12)22-4-3-7(20)6-22)15(24)11-16(25)21-26-17(11)23(13)8-1-2-8/h5,7-8H,1-4,6,20H2,(H,21,25). The minimum atomic E-state index is -0.554. The second kappa shape index (κ2) is 5.55. The van der Waals surface area contributed by atoms with Crippen LogP contribution in [0, 0.1) is 5.82 Å². The number of halogens is 2. The van der Waals surface area contributed by atoms with Crippen LogP contribution < -0.4 is 21.6 Å². The summed E-state index contributed by atoms with van der Waals surface area (Å²) in [7, 11) is 0. The fourth-order valence-electron chi connectivity index (χ4n) is 3.87. The van der Waals surface area contributed by atoms with Gasteiger partial charge in [0.2, 0.25) is 5.43 Å². The molecule has 3 heterocycles. The molecule has 0 radical (unpaired) electrons. The Balaban J connectivity index is 1.92. The number of nitrogens with zero attached hydrogens (tertiary/aromatic N) is 2. The number of hydrogen-bond acceptors (Lipinski definition) is 5. The highest BCUT2D eigenvalue weighted by Gasteiger charge is 2.32. The van der Waals surface area contributed by atoms with E-state index in [0.717, 1.165) is 30.8 Å². The summed E-state index contributed by atoms with van der Waals surface area (Å²) in [5, 5.41) is 0.463. The molecule has 1 unspecified atom stereocenters. The number of nitrogens with one attached hydrogen (secondary N) is 1. The maximum absolute atomic E-state index is 14.9. The van der Waals surface area contributed by atoms with Crippen LogP contribution in [0.5, 0.6) is 0 Å². The minimum Gasteiger partial charge on any atom is -0.366 e. The molecule has 1 aliphatic carbocycles. The van der Waals surface area contributed by atoms with E-state index in [-0.39, 0.29) is 27.9 Å². The predicted molar refractivity (Wildman–Crippen MR) is 102 cm³/mol. The highest BCUT2D eigenvalue weighted by Crippen LogP contribution is 2.44. The van der Waals surface area contributed by atoms with Crippen molar-refractivity contribution in [2.24, 2.45) is 5.73 Å². The zero-order valence-corrected chi connectivity index (χ0v) is 15.3. The lowest BCUT2D eigenvalue weighted by atomic mass is 10.1. The van der Waals surface area contributed by atoms with Crippen molar-refractivity contribution in [3.63, 3.8) is 0 Å². The number of fused-ring (bicyclic) bond motifs is 2. The summed E-state index contributed by atoms with van der Waals surface area (Å²) < 4.78 is 19.5. The molecule has 26 heavy (non-hydrogen) atoms. The van der Waals surface area contributed by atoms with Crippen molar-refractivity contribution in [2.75, 3.05) is 18.0 Å². The van der Waals surface area contributed by atoms with Gasteiger partial charge in [0.1, 0.15) is 16.0 Å². The Morgan fingerprint density at radius 3 is 2.73 bits per heavy atom. The number of nitrogens with two attached hydrogens (primary N) is 1. The van der Waals surface area contributed by atoms with Gasteiger partial charge in [0.15, 0.2) is 0 Å². The van der Waals surface area contributed by atoms with Crippen molar-refractivity contribution in [3.05, 3.63) is 37.5 Å². The Labute approximate surface area is 156 Å². The summed E-state index contributed by atoms with van der Waals surface area (Å²) in [6.07, 6.45) is 2.65. The lowest BCUT2D eigenvalue weighted by Crippen LogP contribution is -2.27. The third-order valence-corrected chi connectivity index (χ3v) is 6.47. The van der Waals surface area contributed by atoms with Crippen LogP contribution in [0.4, 0.5) is 10.1 Å². The van der Waals surface area contributed by atoms with Crippen LogP contribution in [-0.4, -0.2) is 28.1 Å². The molecule has 6 nitrogen and oxygen atoms in total. The summed E-state index contributed by atoms with van der Waals surface area (Å²) >= 11 is 7.79. The van der Waals surface area contributed by atoms with Gasteiger partial charge in [-0.25, -0.2) is 4.39 Å². The van der Waals surface area contributed by atoms with Gasteiger partial charge in [0.05, 0.1) is 21.6 Å². The van der Waals surface area contributed by atoms with Crippen LogP contribution in [0.3, 0.4) is 0 Å². The summed E-state index contributed by atoms with van der Waals surface area (Å²) in [4.78, 5) is 27.4. The Morgan fingerprint density at radius 1 is 1.31 bits per heavy atom. The van der Waals surface area contributed by atoms with Crippen LogP contribution in [0.15, 0.2) is 15.7 Å². The number of anilines is 1. The van der Waals surface area contributed by atoms with Gasteiger partial charge in [-0.15, -0.1) is 0 Å². The highest BCUT2D eigenvalue weighted by atomic mass is 35.5. The number of H-pyrrole nitrogens is 1. The maximum atomic E-state index is 14.9. The molecule has 1 atom stereocenters.